The lowest BCUT2D eigenvalue weighted by Crippen LogP contribution is -2.56. The second-order valence-electron chi connectivity index (χ2n) is 7.12. The largest absolute Gasteiger partial charge is 0.433 e. The molecule has 1 aliphatic rings. The van der Waals surface area contributed by atoms with E-state index in [1.807, 2.05) is 0 Å². The van der Waals surface area contributed by atoms with Gasteiger partial charge in [0.25, 0.3) is 11.8 Å². The molecule has 0 aliphatic heterocycles. The first-order valence-electron chi connectivity index (χ1n) is 8.31. The van der Waals surface area contributed by atoms with Gasteiger partial charge in [-0.05, 0) is 31.0 Å². The number of anilines is 1. The summed E-state index contributed by atoms with van der Waals surface area (Å²) in [7, 11) is 1.38. The van der Waals surface area contributed by atoms with Crippen LogP contribution in [-0.4, -0.2) is 26.9 Å². The second-order valence-corrected chi connectivity index (χ2v) is 7.97. The summed E-state index contributed by atoms with van der Waals surface area (Å²) < 4.78 is 82.9. The summed E-state index contributed by atoms with van der Waals surface area (Å²) >= 11 is 0.777. The topological polar surface area (TPSA) is 59.0 Å². The monoisotopic (exact) mass is 438 g/mol. The van der Waals surface area contributed by atoms with Crippen molar-refractivity contribution < 1.29 is 31.1 Å². The molecule has 1 amide bonds. The summed E-state index contributed by atoms with van der Waals surface area (Å²) in [5.41, 5.74) is -2.68. The van der Waals surface area contributed by atoms with Crippen molar-refractivity contribution in [1.82, 2.24) is 14.3 Å². The number of nitrogens with zero attached hydrogens (tertiary/aromatic N) is 2. The Morgan fingerprint density at radius 2 is 1.97 bits per heavy atom. The lowest BCUT2D eigenvalue weighted by molar-refractivity contribution is -0.141. The van der Waals surface area contributed by atoms with Crippen molar-refractivity contribution in [3.8, 4) is 0 Å². The van der Waals surface area contributed by atoms with E-state index in [1.165, 1.54) is 13.2 Å². The molecule has 5 nitrogen and oxygen atoms in total. The molecule has 2 aromatic heterocycles. The maximum Gasteiger partial charge on any atom is 0.433 e. The van der Waals surface area contributed by atoms with Gasteiger partial charge < -0.3 is 9.88 Å². The number of nitrogens with one attached hydrogen (secondary N) is 2. The van der Waals surface area contributed by atoms with Crippen LogP contribution in [0.5, 0.6) is 0 Å². The molecule has 2 aromatic rings. The van der Waals surface area contributed by atoms with E-state index in [4.69, 9.17) is 0 Å². The SMILES string of the molecule is Cn1cc(SNC2(C)CC(F)(F)C2)c(F)c1C(=O)Nc1ccnc(C(F)(F)F)c1. The molecule has 2 N–H and O–H groups in total. The molecule has 2 heterocycles. The highest BCUT2D eigenvalue weighted by molar-refractivity contribution is 7.97. The molecule has 0 unspecified atom stereocenters. The summed E-state index contributed by atoms with van der Waals surface area (Å²) in [6, 6.07) is 1.77. The first-order valence-corrected chi connectivity index (χ1v) is 9.13. The molecule has 1 fully saturated rings. The predicted molar refractivity (Wildman–Crippen MR) is 94.1 cm³/mol. The number of hydrogen-bond acceptors (Lipinski definition) is 4. The molecular formula is C17H16F6N4OS. The Balaban J connectivity index is 1.72. The highest BCUT2D eigenvalue weighted by Crippen LogP contribution is 2.46. The van der Waals surface area contributed by atoms with Crippen LogP contribution in [0, 0.1) is 5.82 Å². The number of rotatable bonds is 5. The fraction of sp³-hybridized carbons (Fsp3) is 0.412. The van der Waals surface area contributed by atoms with Crippen molar-refractivity contribution in [2.45, 2.75) is 42.3 Å². The molecule has 3 rings (SSSR count). The molecule has 29 heavy (non-hydrogen) atoms. The number of pyridine rings is 1. The number of aryl methyl sites for hydroxylation is 1. The van der Waals surface area contributed by atoms with Crippen LogP contribution in [0.25, 0.3) is 0 Å². The molecule has 158 valence electrons. The summed E-state index contributed by atoms with van der Waals surface area (Å²) in [5, 5.41) is 2.20. The van der Waals surface area contributed by atoms with E-state index in [1.54, 1.807) is 6.92 Å². The van der Waals surface area contributed by atoms with Gasteiger partial charge in [0.1, 0.15) is 11.4 Å². The Labute approximate surface area is 166 Å². The van der Waals surface area contributed by atoms with Crippen LogP contribution in [0.3, 0.4) is 0 Å². The standard InChI is InChI=1S/C17H16F6N4OS/c1-15(7-16(19,20)8-15)26-29-10-6-27(2)13(12(10)18)14(28)25-9-3-4-24-11(5-9)17(21,22)23/h3-6,26H,7-8H2,1-2H3,(H,24,25,28). The average Bonchev–Trinajstić information content (AvgIpc) is 2.84. The zero-order valence-corrected chi connectivity index (χ0v) is 16.0. The van der Waals surface area contributed by atoms with Crippen molar-refractivity contribution in [3.05, 3.63) is 41.7 Å². The van der Waals surface area contributed by atoms with Crippen LogP contribution in [-0.2, 0) is 13.2 Å². The van der Waals surface area contributed by atoms with Gasteiger partial charge in [-0.25, -0.2) is 13.2 Å². The minimum absolute atomic E-state index is 0.000185. The zero-order valence-electron chi connectivity index (χ0n) is 15.2. The van der Waals surface area contributed by atoms with Crippen LogP contribution in [0.2, 0.25) is 0 Å². The van der Waals surface area contributed by atoms with E-state index >= 15 is 0 Å². The fourth-order valence-corrected chi connectivity index (χ4v) is 3.99. The Bertz CT molecular complexity index is 934. The predicted octanol–water partition coefficient (Wildman–Crippen LogP) is 4.61. The number of alkyl halides is 5. The molecule has 0 atom stereocenters. The number of carbonyl (C=O) groups excluding carboxylic acids is 1. The van der Waals surface area contributed by atoms with Crippen molar-refractivity contribution in [1.29, 1.82) is 0 Å². The highest BCUT2D eigenvalue weighted by atomic mass is 32.2. The molecular weight excluding hydrogens is 422 g/mol. The van der Waals surface area contributed by atoms with E-state index in [-0.39, 0.29) is 10.6 Å². The molecule has 0 bridgehead atoms. The van der Waals surface area contributed by atoms with Crippen LogP contribution in [0.15, 0.2) is 29.4 Å². The average molecular weight is 438 g/mol. The minimum Gasteiger partial charge on any atom is -0.343 e. The summed E-state index contributed by atoms with van der Waals surface area (Å²) in [6.45, 7) is 1.58. The van der Waals surface area contributed by atoms with Gasteiger partial charge in [-0.2, -0.15) is 13.2 Å². The Morgan fingerprint density at radius 1 is 1.31 bits per heavy atom. The first kappa shape index (κ1) is 21.5. The first-order chi connectivity index (χ1) is 13.3. The van der Waals surface area contributed by atoms with Gasteiger partial charge >= 0.3 is 6.18 Å². The van der Waals surface area contributed by atoms with Crippen molar-refractivity contribution in [2.24, 2.45) is 7.05 Å². The number of hydrogen-bond donors (Lipinski definition) is 2. The second kappa shape index (κ2) is 7.24. The van der Waals surface area contributed by atoms with Crippen molar-refractivity contribution in [2.75, 3.05) is 5.32 Å². The van der Waals surface area contributed by atoms with Gasteiger partial charge in [0, 0.05) is 43.5 Å². The number of aromatic nitrogens is 2. The Kier molecular flexibility index (Phi) is 5.37. The highest BCUT2D eigenvalue weighted by Gasteiger charge is 2.53. The Hall–Kier alpha value is -2.21. The van der Waals surface area contributed by atoms with Gasteiger partial charge in [-0.3, -0.25) is 14.5 Å². The number of halogens is 6. The fourth-order valence-electron chi connectivity index (χ4n) is 3.09. The third-order valence-electron chi connectivity index (χ3n) is 4.32. The Morgan fingerprint density at radius 3 is 2.55 bits per heavy atom. The molecule has 1 aliphatic carbocycles. The third-order valence-corrected chi connectivity index (χ3v) is 5.42. The van der Waals surface area contributed by atoms with Crippen molar-refractivity contribution >= 4 is 23.5 Å². The molecule has 0 spiro atoms. The van der Waals surface area contributed by atoms with Gasteiger partial charge in [0.15, 0.2) is 5.82 Å². The van der Waals surface area contributed by atoms with Crippen LogP contribution in [0.1, 0.15) is 35.9 Å². The molecule has 1 saturated carbocycles. The van der Waals surface area contributed by atoms with E-state index in [2.05, 4.69) is 15.0 Å². The van der Waals surface area contributed by atoms with Crippen LogP contribution < -0.4 is 10.0 Å². The lowest BCUT2D eigenvalue weighted by atomic mass is 9.76. The zero-order chi connectivity index (χ0) is 21.6. The van der Waals surface area contributed by atoms with E-state index in [0.29, 0.717) is 6.07 Å². The van der Waals surface area contributed by atoms with Gasteiger partial charge in [0.2, 0.25) is 0 Å². The third kappa shape index (κ3) is 4.69. The summed E-state index contributed by atoms with van der Waals surface area (Å²) in [4.78, 5) is 15.6. The van der Waals surface area contributed by atoms with Gasteiger partial charge in [-0.1, -0.05) is 0 Å². The minimum atomic E-state index is -4.69. The number of amides is 1. The van der Waals surface area contributed by atoms with E-state index in [9.17, 15) is 31.1 Å². The number of carbonyl (C=O) groups is 1. The quantitative estimate of drug-likeness (QED) is 0.529. The molecule has 0 radical (unpaired) electrons. The normalized spacial score (nSPS) is 17.7. The van der Waals surface area contributed by atoms with E-state index in [0.717, 1.165) is 28.8 Å². The maximum atomic E-state index is 14.7. The maximum absolute atomic E-state index is 14.7. The molecule has 0 aromatic carbocycles. The van der Waals surface area contributed by atoms with Crippen LogP contribution in [0.4, 0.5) is 32.0 Å². The molecule has 12 heteroatoms. The smallest absolute Gasteiger partial charge is 0.343 e. The van der Waals surface area contributed by atoms with Crippen LogP contribution >= 0.6 is 11.9 Å². The summed E-state index contributed by atoms with van der Waals surface area (Å²) in [6.07, 6.45) is -3.31. The van der Waals surface area contributed by atoms with E-state index < -0.39 is 53.6 Å². The summed E-state index contributed by atoms with van der Waals surface area (Å²) in [5.74, 6) is -4.64. The lowest BCUT2D eigenvalue weighted by Gasteiger charge is -2.44. The van der Waals surface area contributed by atoms with Gasteiger partial charge in [-0.15, -0.1) is 0 Å². The van der Waals surface area contributed by atoms with Gasteiger partial charge in [0.05, 0.1) is 4.90 Å². The molecule has 0 saturated heterocycles. The van der Waals surface area contributed by atoms with Crippen molar-refractivity contribution in [3.63, 3.8) is 0 Å².